The number of fused-ring (bicyclic) bond motifs is 3. The Labute approximate surface area is 287 Å². The molecule has 8 aromatic carbocycles. The summed E-state index contributed by atoms with van der Waals surface area (Å²) in [5.74, 6) is 0.323. The van der Waals surface area contributed by atoms with Crippen LogP contribution in [0.1, 0.15) is 17.5 Å². The maximum absolute atomic E-state index is 12.8. The zero-order valence-corrected chi connectivity index (χ0v) is 27.9. The van der Waals surface area contributed by atoms with Crippen LogP contribution >= 0.6 is 7.92 Å². The number of rotatable bonds is 5. The quantitative estimate of drug-likeness (QED) is 0.146. The summed E-state index contributed by atoms with van der Waals surface area (Å²) in [5, 5.41) is 21.0. The number of phenolic OH excluding ortho intramolecular Hbond substituents is 1. The van der Waals surface area contributed by atoms with E-state index in [4.69, 9.17) is 4.99 Å². The van der Waals surface area contributed by atoms with Crippen molar-refractivity contribution >= 4 is 56.7 Å². The molecule has 3 heteroatoms. The zero-order chi connectivity index (χ0) is 32.8. The lowest BCUT2D eigenvalue weighted by Crippen LogP contribution is -2.33. The first-order chi connectivity index (χ1) is 24.2. The van der Waals surface area contributed by atoms with Crippen molar-refractivity contribution in [3.8, 4) is 16.9 Å². The van der Waals surface area contributed by atoms with Crippen LogP contribution in [0.25, 0.3) is 43.4 Å². The van der Waals surface area contributed by atoms with Crippen molar-refractivity contribution in [2.75, 3.05) is 6.16 Å². The van der Waals surface area contributed by atoms with Crippen molar-refractivity contribution in [3.63, 3.8) is 0 Å². The largest absolute Gasteiger partial charge is 0.507 e. The summed E-state index contributed by atoms with van der Waals surface area (Å²) in [6.07, 6.45) is 1.82. The van der Waals surface area contributed by atoms with Crippen LogP contribution in [0.2, 0.25) is 0 Å². The van der Waals surface area contributed by atoms with E-state index in [0.717, 1.165) is 67.5 Å². The van der Waals surface area contributed by atoms with E-state index >= 15 is 0 Å². The Hall–Kier alpha value is -5.56. The van der Waals surface area contributed by atoms with Gasteiger partial charge in [0.15, 0.2) is 0 Å². The van der Waals surface area contributed by atoms with Crippen LogP contribution in [0.4, 0.5) is 5.69 Å². The third-order valence-electron chi connectivity index (χ3n) is 10.2. The molecule has 1 fully saturated rings. The first-order valence-electron chi connectivity index (χ1n) is 16.9. The SMILES string of the molecule is Oc1c(-c2c3ccccc3cc3ccccc23)cccc1C1(c2ccccc2)CCP(c2ccccc2)C1=Nc1ccc2ccccc2c1. The van der Waals surface area contributed by atoms with Gasteiger partial charge < -0.3 is 5.11 Å². The normalized spacial score (nSPS) is 18.4. The number of aliphatic imine (C=N–C) groups is 1. The molecular weight excluding hydrogens is 613 g/mol. The summed E-state index contributed by atoms with van der Waals surface area (Å²) >= 11 is 0. The van der Waals surface area contributed by atoms with Gasteiger partial charge in [0, 0.05) is 16.7 Å². The Morgan fingerprint density at radius 3 is 1.86 bits per heavy atom. The summed E-state index contributed by atoms with van der Waals surface area (Å²) in [6.45, 7) is 0. The molecule has 0 saturated carbocycles. The lowest BCUT2D eigenvalue weighted by atomic mass is 9.72. The first-order valence-corrected chi connectivity index (χ1v) is 18.4. The number of hydrogen-bond donors (Lipinski definition) is 1. The molecule has 0 bridgehead atoms. The van der Waals surface area contributed by atoms with Crippen LogP contribution in [0.5, 0.6) is 5.75 Å². The predicted molar refractivity (Wildman–Crippen MR) is 209 cm³/mol. The third kappa shape index (κ3) is 4.95. The zero-order valence-electron chi connectivity index (χ0n) is 27.0. The van der Waals surface area contributed by atoms with Gasteiger partial charge in [0.1, 0.15) is 5.75 Å². The number of phenols is 1. The Bertz CT molecular complexity index is 2470. The number of para-hydroxylation sites is 1. The fourth-order valence-corrected chi connectivity index (χ4v) is 10.8. The Morgan fingerprint density at radius 1 is 0.531 bits per heavy atom. The van der Waals surface area contributed by atoms with Gasteiger partial charge in [-0.3, -0.25) is 4.99 Å². The smallest absolute Gasteiger partial charge is 0.127 e. The molecule has 0 aliphatic carbocycles. The monoisotopic (exact) mass is 647 g/mol. The number of aromatic hydroxyl groups is 1. The first kappa shape index (κ1) is 29.6. The van der Waals surface area contributed by atoms with Crippen molar-refractivity contribution in [2.45, 2.75) is 11.8 Å². The highest BCUT2D eigenvalue weighted by Gasteiger charge is 2.50. The third-order valence-corrected chi connectivity index (χ3v) is 12.8. The molecule has 1 aliphatic heterocycles. The fraction of sp³-hybridized carbons (Fsp3) is 0.0652. The van der Waals surface area contributed by atoms with E-state index in [1.54, 1.807) is 0 Å². The van der Waals surface area contributed by atoms with E-state index in [9.17, 15) is 5.11 Å². The minimum absolute atomic E-state index is 0.323. The Morgan fingerprint density at radius 2 is 1.14 bits per heavy atom. The molecule has 49 heavy (non-hydrogen) atoms. The maximum atomic E-state index is 12.8. The number of benzene rings is 8. The molecule has 2 atom stereocenters. The van der Waals surface area contributed by atoms with Crippen molar-refractivity contribution in [3.05, 3.63) is 187 Å². The van der Waals surface area contributed by atoms with Crippen LogP contribution in [-0.4, -0.2) is 16.7 Å². The van der Waals surface area contributed by atoms with Crippen LogP contribution < -0.4 is 5.30 Å². The molecule has 0 radical (unpaired) electrons. The van der Waals surface area contributed by atoms with E-state index in [1.807, 2.05) is 0 Å². The number of nitrogens with zero attached hydrogens (tertiary/aromatic N) is 1. The van der Waals surface area contributed by atoms with Crippen molar-refractivity contribution in [1.29, 1.82) is 0 Å². The minimum atomic E-state index is -0.800. The van der Waals surface area contributed by atoms with E-state index in [1.165, 1.54) is 16.1 Å². The summed E-state index contributed by atoms with van der Waals surface area (Å²) in [4.78, 5) is 5.65. The lowest BCUT2D eigenvalue weighted by molar-refractivity contribution is 0.460. The highest BCUT2D eigenvalue weighted by atomic mass is 31.1. The van der Waals surface area contributed by atoms with Gasteiger partial charge in [0.05, 0.1) is 16.6 Å². The molecule has 8 aromatic rings. The second kappa shape index (κ2) is 12.2. The minimum Gasteiger partial charge on any atom is -0.507 e. The molecule has 1 aliphatic rings. The van der Waals surface area contributed by atoms with Crippen LogP contribution in [0.15, 0.2) is 181 Å². The van der Waals surface area contributed by atoms with Crippen molar-refractivity contribution in [2.24, 2.45) is 4.99 Å². The summed E-state index contributed by atoms with van der Waals surface area (Å²) in [6, 6.07) is 62.2. The van der Waals surface area contributed by atoms with Gasteiger partial charge in [0.25, 0.3) is 0 Å². The molecular formula is C46H34NOP. The molecule has 0 spiro atoms. The van der Waals surface area contributed by atoms with E-state index in [-0.39, 0.29) is 0 Å². The lowest BCUT2D eigenvalue weighted by Gasteiger charge is -2.34. The van der Waals surface area contributed by atoms with Gasteiger partial charge in [-0.25, -0.2) is 0 Å². The molecule has 2 unspecified atom stereocenters. The van der Waals surface area contributed by atoms with Gasteiger partial charge in [-0.1, -0.05) is 158 Å². The summed E-state index contributed by atoms with van der Waals surface area (Å²) < 4.78 is 0. The molecule has 1 heterocycles. The fourth-order valence-electron chi connectivity index (χ4n) is 7.91. The van der Waals surface area contributed by atoms with E-state index in [0.29, 0.717) is 5.75 Å². The van der Waals surface area contributed by atoms with Gasteiger partial charge in [0.2, 0.25) is 0 Å². The topological polar surface area (TPSA) is 32.6 Å². The van der Waals surface area contributed by atoms with E-state index in [2.05, 4.69) is 176 Å². The van der Waals surface area contributed by atoms with Crippen LogP contribution in [0, 0.1) is 0 Å². The van der Waals surface area contributed by atoms with Gasteiger partial charge >= 0.3 is 0 Å². The average Bonchev–Trinajstić information content (AvgIpc) is 3.54. The molecule has 9 rings (SSSR count). The second-order valence-corrected chi connectivity index (χ2v) is 15.1. The van der Waals surface area contributed by atoms with Gasteiger partial charge in [-0.15, -0.1) is 0 Å². The average molecular weight is 648 g/mol. The van der Waals surface area contributed by atoms with Crippen LogP contribution in [-0.2, 0) is 5.41 Å². The summed E-state index contributed by atoms with van der Waals surface area (Å²) in [7, 11) is -0.800. The molecule has 1 saturated heterocycles. The Kier molecular flexibility index (Phi) is 7.33. The predicted octanol–water partition coefficient (Wildman–Crippen LogP) is 11.7. The molecule has 2 nitrogen and oxygen atoms in total. The Balaban J connectivity index is 1.34. The summed E-state index contributed by atoms with van der Waals surface area (Å²) in [5.41, 5.74) is 5.42. The number of hydrogen-bond acceptors (Lipinski definition) is 2. The van der Waals surface area contributed by atoms with Gasteiger partial charge in [-0.2, -0.15) is 0 Å². The van der Waals surface area contributed by atoms with Crippen molar-refractivity contribution in [1.82, 2.24) is 0 Å². The standard InChI is InChI=1S/C46H34NOP/c48-44-41(43-39-22-11-9-16-34(39)30-35-17-10-12-23-40(35)43)24-13-25-42(44)46(36-18-3-1-4-19-36)28-29-49(38-20-5-2-6-21-38)45(46)47-37-27-26-32-14-7-8-15-33(32)31-37/h1-27,30-31,48H,28-29H2. The molecule has 234 valence electrons. The highest BCUT2D eigenvalue weighted by Crippen LogP contribution is 2.60. The van der Waals surface area contributed by atoms with Gasteiger partial charge in [-0.05, 0) is 81.9 Å². The highest BCUT2D eigenvalue weighted by molar-refractivity contribution is 7.82. The second-order valence-electron chi connectivity index (χ2n) is 12.9. The van der Waals surface area contributed by atoms with Crippen molar-refractivity contribution < 1.29 is 5.11 Å². The molecule has 1 N–H and O–H groups in total. The maximum Gasteiger partial charge on any atom is 0.127 e. The molecule has 0 aromatic heterocycles. The van der Waals surface area contributed by atoms with E-state index < -0.39 is 13.3 Å². The molecule has 0 amide bonds. The van der Waals surface area contributed by atoms with Crippen LogP contribution in [0.3, 0.4) is 0 Å².